The van der Waals surface area contributed by atoms with Gasteiger partial charge in [-0.2, -0.15) is 5.10 Å². The molecule has 0 unspecified atom stereocenters. The van der Waals surface area contributed by atoms with E-state index in [4.69, 9.17) is 9.15 Å². The third-order valence-electron chi connectivity index (χ3n) is 3.75. The molecule has 1 heterocycles. The summed E-state index contributed by atoms with van der Waals surface area (Å²) >= 11 is 0. The molecule has 3 aromatic rings. The number of carbonyl (C=O) groups is 2. The molecule has 30 heavy (non-hydrogen) atoms. The van der Waals surface area contributed by atoms with Crippen molar-refractivity contribution in [3.63, 3.8) is 0 Å². The maximum Gasteiger partial charge on any atom is 0.336 e. The third kappa shape index (κ3) is 5.73. The minimum absolute atomic E-state index is 0.104. The second-order valence-corrected chi connectivity index (χ2v) is 5.84. The number of nitro benzene ring substituents is 1. The van der Waals surface area contributed by atoms with Crippen LogP contribution in [0.3, 0.4) is 0 Å². The first kappa shape index (κ1) is 20.2. The van der Waals surface area contributed by atoms with Crippen molar-refractivity contribution >= 4 is 29.9 Å². The highest BCUT2D eigenvalue weighted by Gasteiger charge is 2.08. The smallest absolute Gasteiger partial charge is 0.336 e. The summed E-state index contributed by atoms with van der Waals surface area (Å²) in [4.78, 5) is 33.8. The Hall–Kier alpha value is -4.53. The molecule has 0 aliphatic heterocycles. The zero-order valence-corrected chi connectivity index (χ0v) is 15.4. The van der Waals surface area contributed by atoms with E-state index in [1.54, 1.807) is 36.4 Å². The molecule has 0 radical (unpaired) electrons. The lowest BCUT2D eigenvalue weighted by Gasteiger charge is -2.02. The standard InChI is InChI=1S/C21H15N3O6/c25-20(12-11-18-2-1-13-29-18)30-19-9-3-15(4-10-19)14-22-23-21(26)16-5-7-17(8-6-16)24(27)28/h1-14H,(H,23,26). The molecule has 0 aliphatic carbocycles. The third-order valence-corrected chi connectivity index (χ3v) is 3.75. The van der Waals surface area contributed by atoms with Crippen molar-refractivity contribution in [1.29, 1.82) is 0 Å². The predicted molar refractivity (Wildman–Crippen MR) is 108 cm³/mol. The number of ether oxygens (including phenoxy) is 1. The van der Waals surface area contributed by atoms with Gasteiger partial charge >= 0.3 is 5.97 Å². The first-order valence-electron chi connectivity index (χ1n) is 8.62. The lowest BCUT2D eigenvalue weighted by atomic mass is 10.2. The van der Waals surface area contributed by atoms with Crippen LogP contribution in [0.2, 0.25) is 0 Å². The number of benzene rings is 2. The number of nitrogens with zero attached hydrogens (tertiary/aromatic N) is 2. The number of amides is 1. The first-order chi connectivity index (χ1) is 14.5. The summed E-state index contributed by atoms with van der Waals surface area (Å²) < 4.78 is 10.2. The van der Waals surface area contributed by atoms with Crippen LogP contribution in [0.5, 0.6) is 5.75 Å². The number of hydrogen-bond acceptors (Lipinski definition) is 7. The highest BCUT2D eigenvalue weighted by molar-refractivity contribution is 5.95. The van der Waals surface area contributed by atoms with Crippen molar-refractivity contribution in [2.24, 2.45) is 5.10 Å². The Bertz CT molecular complexity index is 1080. The Labute approximate surface area is 170 Å². The van der Waals surface area contributed by atoms with Crippen LogP contribution in [0.25, 0.3) is 6.08 Å². The topological polar surface area (TPSA) is 124 Å². The van der Waals surface area contributed by atoms with Gasteiger partial charge in [0.25, 0.3) is 11.6 Å². The Kier molecular flexibility index (Phi) is 6.47. The number of hydrogen-bond donors (Lipinski definition) is 1. The van der Waals surface area contributed by atoms with E-state index >= 15 is 0 Å². The van der Waals surface area contributed by atoms with E-state index in [9.17, 15) is 19.7 Å². The van der Waals surface area contributed by atoms with Gasteiger partial charge in [-0.1, -0.05) is 0 Å². The Morgan fingerprint density at radius 1 is 1.07 bits per heavy atom. The van der Waals surface area contributed by atoms with Crippen LogP contribution in [-0.4, -0.2) is 23.0 Å². The van der Waals surface area contributed by atoms with Gasteiger partial charge in [0.05, 0.1) is 17.4 Å². The molecule has 150 valence electrons. The van der Waals surface area contributed by atoms with Crippen molar-refractivity contribution in [2.75, 3.05) is 0 Å². The van der Waals surface area contributed by atoms with Crippen LogP contribution < -0.4 is 10.2 Å². The molecular weight excluding hydrogens is 390 g/mol. The van der Waals surface area contributed by atoms with Gasteiger partial charge in [-0.25, -0.2) is 10.2 Å². The molecule has 0 aliphatic rings. The summed E-state index contributed by atoms with van der Waals surface area (Å²) in [5, 5.41) is 14.5. The highest BCUT2D eigenvalue weighted by Crippen LogP contribution is 2.13. The maximum absolute atomic E-state index is 12.0. The number of non-ortho nitro benzene ring substituents is 1. The quantitative estimate of drug-likeness (QED) is 0.160. The van der Waals surface area contributed by atoms with E-state index < -0.39 is 16.8 Å². The van der Waals surface area contributed by atoms with Gasteiger partial charge < -0.3 is 9.15 Å². The van der Waals surface area contributed by atoms with E-state index in [1.165, 1.54) is 48.9 Å². The largest absolute Gasteiger partial charge is 0.465 e. The van der Waals surface area contributed by atoms with Gasteiger partial charge in [-0.15, -0.1) is 0 Å². The zero-order valence-electron chi connectivity index (χ0n) is 15.4. The number of carbonyl (C=O) groups excluding carboxylic acids is 2. The molecule has 9 nitrogen and oxygen atoms in total. The average molecular weight is 405 g/mol. The van der Waals surface area contributed by atoms with E-state index in [0.717, 1.165) is 0 Å². The van der Waals surface area contributed by atoms with Gasteiger partial charge in [0.15, 0.2) is 0 Å². The molecule has 9 heteroatoms. The molecule has 0 fully saturated rings. The van der Waals surface area contributed by atoms with Crippen LogP contribution in [0, 0.1) is 10.1 Å². The predicted octanol–water partition coefficient (Wildman–Crippen LogP) is 3.57. The molecule has 0 spiro atoms. The van der Waals surface area contributed by atoms with Crippen LogP contribution in [0.4, 0.5) is 5.69 Å². The zero-order chi connectivity index (χ0) is 21.3. The Morgan fingerprint density at radius 2 is 1.80 bits per heavy atom. The lowest BCUT2D eigenvalue weighted by Crippen LogP contribution is -2.17. The van der Waals surface area contributed by atoms with E-state index in [-0.39, 0.29) is 11.3 Å². The SMILES string of the molecule is O=C(C=Cc1ccco1)Oc1ccc(C=NNC(=O)c2ccc([N+](=O)[O-])cc2)cc1. The maximum atomic E-state index is 12.0. The van der Waals surface area contributed by atoms with Gasteiger partial charge in [-0.3, -0.25) is 14.9 Å². The number of furan rings is 1. The van der Waals surface area contributed by atoms with Crippen molar-refractivity contribution < 1.29 is 23.7 Å². The van der Waals surface area contributed by atoms with Gasteiger partial charge in [0, 0.05) is 23.8 Å². The van der Waals surface area contributed by atoms with E-state index in [2.05, 4.69) is 10.5 Å². The Morgan fingerprint density at radius 3 is 2.43 bits per heavy atom. The summed E-state index contributed by atoms with van der Waals surface area (Å²) in [5.74, 6) is -0.177. The number of rotatable bonds is 7. The van der Waals surface area contributed by atoms with Gasteiger partial charge in [-0.05, 0) is 60.2 Å². The molecule has 0 saturated heterocycles. The molecule has 2 aromatic carbocycles. The fourth-order valence-electron chi connectivity index (χ4n) is 2.27. The van der Waals surface area contributed by atoms with E-state index in [0.29, 0.717) is 17.1 Å². The molecule has 0 bridgehead atoms. The molecule has 0 saturated carbocycles. The average Bonchev–Trinajstić information content (AvgIpc) is 3.27. The molecule has 1 aromatic heterocycles. The van der Waals surface area contributed by atoms with Gasteiger partial charge in [0.2, 0.25) is 0 Å². The van der Waals surface area contributed by atoms with Crippen molar-refractivity contribution in [3.05, 3.63) is 100 Å². The molecular formula is C21H15N3O6. The van der Waals surface area contributed by atoms with Crippen molar-refractivity contribution in [2.45, 2.75) is 0 Å². The number of nitro groups is 1. The summed E-state index contributed by atoms with van der Waals surface area (Å²) in [7, 11) is 0. The summed E-state index contributed by atoms with van der Waals surface area (Å²) in [6, 6.07) is 15.0. The molecule has 3 rings (SSSR count). The summed E-state index contributed by atoms with van der Waals surface area (Å²) in [5.41, 5.74) is 3.12. The molecule has 1 N–H and O–H groups in total. The summed E-state index contributed by atoms with van der Waals surface area (Å²) in [6.07, 6.45) is 5.66. The Balaban J connectivity index is 1.51. The van der Waals surface area contributed by atoms with E-state index in [1.807, 2.05) is 0 Å². The molecule has 0 atom stereocenters. The lowest BCUT2D eigenvalue weighted by molar-refractivity contribution is -0.384. The van der Waals surface area contributed by atoms with Crippen LogP contribution in [0.1, 0.15) is 21.7 Å². The number of nitrogens with one attached hydrogen (secondary N) is 1. The van der Waals surface area contributed by atoms with Gasteiger partial charge in [0.1, 0.15) is 11.5 Å². The fourth-order valence-corrected chi connectivity index (χ4v) is 2.27. The number of esters is 1. The minimum Gasteiger partial charge on any atom is -0.465 e. The second kappa shape index (κ2) is 9.60. The second-order valence-electron chi connectivity index (χ2n) is 5.84. The first-order valence-corrected chi connectivity index (χ1v) is 8.62. The minimum atomic E-state index is -0.553. The van der Waals surface area contributed by atoms with Crippen molar-refractivity contribution in [1.82, 2.24) is 5.43 Å². The molecule has 1 amide bonds. The van der Waals surface area contributed by atoms with Crippen LogP contribution in [-0.2, 0) is 4.79 Å². The van der Waals surface area contributed by atoms with Crippen molar-refractivity contribution in [3.8, 4) is 5.75 Å². The normalized spacial score (nSPS) is 10.9. The van der Waals surface area contributed by atoms with Crippen LogP contribution in [0.15, 0.2) is 82.5 Å². The van der Waals surface area contributed by atoms with Crippen LogP contribution >= 0.6 is 0 Å². The summed E-state index contributed by atoms with van der Waals surface area (Å²) in [6.45, 7) is 0. The fraction of sp³-hybridized carbons (Fsp3) is 0. The number of hydrazone groups is 1. The monoisotopic (exact) mass is 405 g/mol. The highest BCUT2D eigenvalue weighted by atomic mass is 16.6.